The lowest BCUT2D eigenvalue weighted by atomic mass is 10.1. The topological polar surface area (TPSA) is 111 Å². The molecule has 0 bridgehead atoms. The molecule has 0 spiro atoms. The Labute approximate surface area is 170 Å². The van der Waals surface area contributed by atoms with E-state index in [2.05, 4.69) is 10.3 Å². The van der Waals surface area contributed by atoms with Gasteiger partial charge < -0.3 is 10.1 Å². The summed E-state index contributed by atoms with van der Waals surface area (Å²) in [7, 11) is 0. The summed E-state index contributed by atoms with van der Waals surface area (Å²) in [5, 5.41) is 13.4. The maximum absolute atomic E-state index is 12.9. The van der Waals surface area contributed by atoms with Crippen molar-refractivity contribution in [2.24, 2.45) is 0 Å². The Morgan fingerprint density at radius 1 is 1.07 bits per heavy atom. The van der Waals surface area contributed by atoms with Crippen molar-refractivity contribution in [3.05, 3.63) is 99.3 Å². The van der Waals surface area contributed by atoms with Crippen LogP contribution in [0.2, 0.25) is 5.02 Å². The summed E-state index contributed by atoms with van der Waals surface area (Å²) in [6.45, 7) is 0. The van der Waals surface area contributed by atoms with Gasteiger partial charge in [0.25, 0.3) is 11.6 Å². The van der Waals surface area contributed by atoms with Crippen LogP contribution >= 0.6 is 11.6 Å². The molecule has 0 saturated carbocycles. The Hall–Kier alpha value is -3.78. The van der Waals surface area contributed by atoms with Gasteiger partial charge in [0.05, 0.1) is 21.2 Å². The van der Waals surface area contributed by atoms with Gasteiger partial charge in [0, 0.05) is 30.1 Å². The van der Waals surface area contributed by atoms with E-state index >= 15 is 0 Å². The Bertz CT molecular complexity index is 1040. The number of nitro benzene ring substituents is 1. The van der Waals surface area contributed by atoms with Crippen LogP contribution in [0.25, 0.3) is 0 Å². The fourth-order valence-electron chi connectivity index (χ4n) is 2.48. The van der Waals surface area contributed by atoms with Crippen LogP contribution in [0.3, 0.4) is 0 Å². The van der Waals surface area contributed by atoms with Crippen molar-refractivity contribution in [1.82, 2.24) is 4.98 Å². The number of aromatic nitrogens is 1. The third-order valence-electron chi connectivity index (χ3n) is 3.90. The average molecular weight is 412 g/mol. The van der Waals surface area contributed by atoms with Crippen molar-refractivity contribution >= 4 is 34.9 Å². The lowest BCUT2D eigenvalue weighted by molar-refractivity contribution is -0.384. The van der Waals surface area contributed by atoms with Crippen molar-refractivity contribution in [2.45, 2.75) is 6.10 Å². The number of pyridine rings is 1. The second-order valence-electron chi connectivity index (χ2n) is 5.84. The summed E-state index contributed by atoms with van der Waals surface area (Å²) >= 11 is 6.04. The number of carbonyl (C=O) groups is 2. The van der Waals surface area contributed by atoms with Gasteiger partial charge in [-0.2, -0.15) is 0 Å². The van der Waals surface area contributed by atoms with Crippen LogP contribution < -0.4 is 5.32 Å². The van der Waals surface area contributed by atoms with E-state index in [4.69, 9.17) is 16.3 Å². The van der Waals surface area contributed by atoms with E-state index < -0.39 is 22.9 Å². The summed E-state index contributed by atoms with van der Waals surface area (Å²) in [4.78, 5) is 39.4. The molecule has 1 amide bonds. The van der Waals surface area contributed by atoms with Crippen molar-refractivity contribution in [3.8, 4) is 0 Å². The van der Waals surface area contributed by atoms with E-state index in [1.807, 2.05) is 0 Å². The van der Waals surface area contributed by atoms with E-state index in [9.17, 15) is 19.7 Å². The predicted octanol–water partition coefficient (Wildman–Crippen LogP) is 4.18. The summed E-state index contributed by atoms with van der Waals surface area (Å²) in [5.41, 5.74) is 0.632. The molecule has 9 heteroatoms. The van der Waals surface area contributed by atoms with E-state index in [1.54, 1.807) is 30.3 Å². The van der Waals surface area contributed by atoms with E-state index in [1.165, 1.54) is 36.7 Å². The minimum absolute atomic E-state index is 0.0141. The molecule has 0 aliphatic rings. The lowest BCUT2D eigenvalue weighted by Crippen LogP contribution is -2.26. The molecule has 146 valence electrons. The van der Waals surface area contributed by atoms with Gasteiger partial charge in [-0.05, 0) is 18.2 Å². The maximum Gasteiger partial charge on any atom is 0.339 e. The van der Waals surface area contributed by atoms with Crippen LogP contribution in [0.4, 0.5) is 11.4 Å². The quantitative estimate of drug-likeness (QED) is 0.370. The highest BCUT2D eigenvalue weighted by molar-refractivity contribution is 6.34. The molecule has 3 aromatic rings. The molecule has 0 fully saturated rings. The fourth-order valence-corrected chi connectivity index (χ4v) is 2.70. The summed E-state index contributed by atoms with van der Waals surface area (Å²) < 4.78 is 5.43. The molecule has 0 aliphatic heterocycles. The minimum atomic E-state index is -1.26. The molecule has 1 atom stereocenters. The molecule has 1 N–H and O–H groups in total. The van der Waals surface area contributed by atoms with Crippen molar-refractivity contribution in [3.63, 3.8) is 0 Å². The van der Waals surface area contributed by atoms with Crippen molar-refractivity contribution in [2.75, 3.05) is 5.32 Å². The number of benzene rings is 2. The summed E-state index contributed by atoms with van der Waals surface area (Å²) in [6, 6.07) is 15.0. The number of rotatable bonds is 6. The van der Waals surface area contributed by atoms with Gasteiger partial charge in [0.2, 0.25) is 6.10 Å². The Balaban J connectivity index is 1.85. The van der Waals surface area contributed by atoms with Gasteiger partial charge in [-0.1, -0.05) is 41.9 Å². The monoisotopic (exact) mass is 411 g/mol. The van der Waals surface area contributed by atoms with Crippen molar-refractivity contribution in [1.29, 1.82) is 0 Å². The highest BCUT2D eigenvalue weighted by Crippen LogP contribution is 2.28. The molecule has 1 heterocycles. The highest BCUT2D eigenvalue weighted by atomic mass is 35.5. The molecule has 0 unspecified atom stereocenters. The molecule has 8 nitrogen and oxygen atoms in total. The zero-order valence-electron chi connectivity index (χ0n) is 14.8. The average Bonchev–Trinajstić information content (AvgIpc) is 2.74. The number of hydrogen-bond donors (Lipinski definition) is 1. The van der Waals surface area contributed by atoms with Crippen LogP contribution in [0.5, 0.6) is 0 Å². The van der Waals surface area contributed by atoms with Crippen LogP contribution in [0.15, 0.2) is 73.1 Å². The van der Waals surface area contributed by atoms with E-state index in [-0.39, 0.29) is 22.0 Å². The fraction of sp³-hybridized carbons (Fsp3) is 0.0500. The number of carbonyl (C=O) groups excluding carboxylic acids is 2. The standard InChI is InChI=1S/C20H14ClN3O5/c21-16-12-15(24(27)28)6-7-17(16)23-19(25)18(13-4-2-1-3-5-13)29-20(26)14-8-10-22-11-9-14/h1-12,18H,(H,23,25)/t18-/m0/s1. The molecular weight excluding hydrogens is 398 g/mol. The SMILES string of the molecule is O=C(O[C@H](C(=O)Nc1ccc([N+](=O)[O-])cc1Cl)c1ccccc1)c1ccncc1. The first-order chi connectivity index (χ1) is 14.0. The number of ether oxygens (including phenoxy) is 1. The third-order valence-corrected chi connectivity index (χ3v) is 4.22. The van der Waals surface area contributed by atoms with Gasteiger partial charge in [0.15, 0.2) is 0 Å². The predicted molar refractivity (Wildman–Crippen MR) is 106 cm³/mol. The molecule has 0 saturated heterocycles. The third kappa shape index (κ3) is 4.94. The van der Waals surface area contributed by atoms with Gasteiger partial charge in [-0.15, -0.1) is 0 Å². The highest BCUT2D eigenvalue weighted by Gasteiger charge is 2.26. The number of esters is 1. The largest absolute Gasteiger partial charge is 0.444 e. The molecule has 3 rings (SSSR count). The minimum Gasteiger partial charge on any atom is -0.444 e. The Morgan fingerprint density at radius 2 is 1.76 bits per heavy atom. The molecule has 0 aliphatic carbocycles. The molecule has 2 aromatic carbocycles. The normalized spacial score (nSPS) is 11.3. The number of nitrogens with one attached hydrogen (secondary N) is 1. The number of nitrogens with zero attached hydrogens (tertiary/aromatic N) is 2. The smallest absolute Gasteiger partial charge is 0.339 e. The second-order valence-corrected chi connectivity index (χ2v) is 6.25. The second kappa shape index (κ2) is 8.94. The zero-order chi connectivity index (χ0) is 20.8. The van der Waals surface area contributed by atoms with Crippen LogP contribution in [0.1, 0.15) is 22.0 Å². The zero-order valence-corrected chi connectivity index (χ0v) is 15.6. The number of anilines is 1. The number of hydrogen-bond acceptors (Lipinski definition) is 6. The van der Waals surface area contributed by atoms with E-state index in [0.717, 1.165) is 6.07 Å². The number of nitro groups is 1. The number of non-ortho nitro benzene ring substituents is 1. The lowest BCUT2D eigenvalue weighted by Gasteiger charge is -2.18. The van der Waals surface area contributed by atoms with Crippen molar-refractivity contribution < 1.29 is 19.2 Å². The van der Waals surface area contributed by atoms with Crippen LogP contribution in [-0.4, -0.2) is 21.8 Å². The first-order valence-corrected chi connectivity index (χ1v) is 8.74. The number of halogens is 1. The summed E-state index contributed by atoms with van der Waals surface area (Å²) in [6.07, 6.45) is 1.61. The summed E-state index contributed by atoms with van der Waals surface area (Å²) in [5.74, 6) is -1.36. The van der Waals surface area contributed by atoms with Gasteiger partial charge in [-0.25, -0.2) is 4.79 Å². The van der Waals surface area contributed by atoms with Crippen LogP contribution in [-0.2, 0) is 9.53 Å². The molecule has 29 heavy (non-hydrogen) atoms. The Morgan fingerprint density at radius 3 is 2.38 bits per heavy atom. The van der Waals surface area contributed by atoms with E-state index in [0.29, 0.717) is 5.56 Å². The first kappa shape index (κ1) is 20.0. The maximum atomic E-state index is 12.9. The van der Waals surface area contributed by atoms with Crippen LogP contribution in [0, 0.1) is 10.1 Å². The first-order valence-electron chi connectivity index (χ1n) is 8.36. The number of amides is 1. The Kier molecular flexibility index (Phi) is 6.16. The van der Waals surface area contributed by atoms with Gasteiger partial charge >= 0.3 is 5.97 Å². The molecule has 1 aromatic heterocycles. The van der Waals surface area contributed by atoms with Gasteiger partial charge in [0.1, 0.15) is 0 Å². The molecular formula is C20H14ClN3O5. The molecule has 0 radical (unpaired) electrons. The van der Waals surface area contributed by atoms with Gasteiger partial charge in [-0.3, -0.25) is 19.9 Å².